The molecule has 0 amide bonds. The number of aromatic nitrogens is 4. The number of hydrogen-bond donors (Lipinski definition) is 2. The van der Waals surface area contributed by atoms with E-state index in [1.807, 2.05) is 12.1 Å². The van der Waals surface area contributed by atoms with Crippen molar-refractivity contribution in [3.8, 4) is 18.1 Å². The molecule has 3 aromatic heterocycles. The van der Waals surface area contributed by atoms with Crippen molar-refractivity contribution in [3.05, 3.63) is 64.7 Å². The summed E-state index contributed by atoms with van der Waals surface area (Å²) in [5, 5.41) is 0. The van der Waals surface area contributed by atoms with Gasteiger partial charge in [0.05, 0.1) is 35.1 Å². The van der Waals surface area contributed by atoms with E-state index in [2.05, 4.69) is 67.8 Å². The van der Waals surface area contributed by atoms with Crippen molar-refractivity contribution < 1.29 is 4.74 Å². The van der Waals surface area contributed by atoms with Crippen molar-refractivity contribution in [2.75, 3.05) is 7.11 Å². The molecule has 162 valence electrons. The first-order valence-electron chi connectivity index (χ1n) is 10.9. The van der Waals surface area contributed by atoms with Crippen molar-refractivity contribution in [1.29, 1.82) is 0 Å². The number of fused-ring (bicyclic) bond motifs is 8. The molecule has 0 atom stereocenters. The van der Waals surface area contributed by atoms with E-state index in [-0.39, 0.29) is 10.8 Å². The molecule has 0 fully saturated rings. The van der Waals surface area contributed by atoms with Gasteiger partial charge in [-0.05, 0) is 36.4 Å². The predicted molar refractivity (Wildman–Crippen MR) is 129 cm³/mol. The molecule has 2 N–H and O–H groups in total. The third-order valence-electron chi connectivity index (χ3n) is 6.53. The van der Waals surface area contributed by atoms with Gasteiger partial charge in [-0.3, -0.25) is 9.97 Å². The van der Waals surface area contributed by atoms with Gasteiger partial charge in [-0.15, -0.1) is 6.42 Å². The Kier molecular flexibility index (Phi) is 4.46. The lowest BCUT2D eigenvalue weighted by Gasteiger charge is -2.16. The van der Waals surface area contributed by atoms with Gasteiger partial charge in [-0.2, -0.15) is 0 Å². The topological polar surface area (TPSA) is 66.6 Å². The highest BCUT2D eigenvalue weighted by Crippen LogP contribution is 2.37. The molecule has 0 saturated heterocycles. The number of nitrogens with zero attached hydrogens (tertiary/aromatic N) is 2. The average Bonchev–Trinajstić information content (AvgIpc) is 3.47. The summed E-state index contributed by atoms with van der Waals surface area (Å²) in [6.07, 6.45) is 7.55. The van der Waals surface area contributed by atoms with Crippen LogP contribution >= 0.6 is 0 Å². The minimum atomic E-state index is -0.116. The molecule has 32 heavy (non-hydrogen) atoms. The number of methoxy groups -OCH3 is 1. The highest BCUT2D eigenvalue weighted by molar-refractivity contribution is 5.70. The maximum absolute atomic E-state index is 5.96. The van der Waals surface area contributed by atoms with E-state index >= 15 is 0 Å². The van der Waals surface area contributed by atoms with Crippen LogP contribution in [-0.4, -0.2) is 27.0 Å². The van der Waals surface area contributed by atoms with Crippen LogP contribution in [0.25, 0.3) is 22.1 Å². The van der Waals surface area contributed by atoms with E-state index in [1.165, 1.54) is 0 Å². The number of nitrogens with one attached hydrogen (secondary N) is 2. The van der Waals surface area contributed by atoms with Crippen LogP contribution in [0.5, 0.6) is 5.75 Å². The fourth-order valence-corrected chi connectivity index (χ4v) is 4.69. The van der Waals surface area contributed by atoms with Crippen molar-refractivity contribution in [2.45, 2.75) is 51.4 Å². The summed E-state index contributed by atoms with van der Waals surface area (Å²) in [5.41, 5.74) is 8.28. The van der Waals surface area contributed by atoms with Gasteiger partial charge in [0.25, 0.3) is 0 Å². The monoisotopic (exact) mass is 424 g/mol. The molecule has 3 aromatic rings. The molecule has 0 aromatic carbocycles. The van der Waals surface area contributed by atoms with E-state index in [0.29, 0.717) is 0 Å². The van der Waals surface area contributed by atoms with Crippen molar-refractivity contribution in [1.82, 2.24) is 19.9 Å². The average molecular weight is 425 g/mol. The highest BCUT2D eigenvalue weighted by atomic mass is 16.5. The Morgan fingerprint density at radius 1 is 0.844 bits per heavy atom. The zero-order valence-electron chi connectivity index (χ0n) is 19.3. The van der Waals surface area contributed by atoms with Gasteiger partial charge in [-0.25, -0.2) is 0 Å². The van der Waals surface area contributed by atoms with Crippen molar-refractivity contribution in [3.63, 3.8) is 0 Å². The van der Waals surface area contributed by atoms with Gasteiger partial charge < -0.3 is 14.7 Å². The van der Waals surface area contributed by atoms with Crippen LogP contribution in [0.2, 0.25) is 0 Å². The van der Waals surface area contributed by atoms with E-state index in [0.717, 1.165) is 69.0 Å². The van der Waals surface area contributed by atoms with Gasteiger partial charge in [0.2, 0.25) is 0 Å². The molecule has 5 nitrogen and oxygen atoms in total. The van der Waals surface area contributed by atoms with E-state index in [1.54, 1.807) is 7.11 Å². The Morgan fingerprint density at radius 2 is 1.38 bits per heavy atom. The summed E-state index contributed by atoms with van der Waals surface area (Å²) in [6.45, 7) is 8.82. The van der Waals surface area contributed by atoms with Crippen molar-refractivity contribution >= 4 is 22.1 Å². The van der Waals surface area contributed by atoms with Gasteiger partial charge in [0, 0.05) is 46.1 Å². The molecule has 0 radical (unpaired) electrons. The molecule has 0 spiro atoms. The minimum absolute atomic E-state index is 0.110. The second-order valence-corrected chi connectivity index (χ2v) is 10.0. The van der Waals surface area contributed by atoms with Crippen LogP contribution in [-0.2, 0) is 23.7 Å². The van der Waals surface area contributed by atoms with Crippen LogP contribution < -0.4 is 4.74 Å². The number of hydrogen-bond acceptors (Lipinski definition) is 3. The third kappa shape index (κ3) is 3.27. The number of H-pyrrole nitrogens is 2. The number of terminal acetylenes is 1. The minimum Gasteiger partial charge on any atom is -0.493 e. The van der Waals surface area contributed by atoms with Crippen LogP contribution in [0.4, 0.5) is 0 Å². The maximum Gasteiger partial charge on any atom is 0.163 e. The molecule has 2 aliphatic heterocycles. The first-order chi connectivity index (χ1) is 15.2. The normalized spacial score (nSPS) is 16.5. The van der Waals surface area contributed by atoms with Gasteiger partial charge >= 0.3 is 0 Å². The highest BCUT2D eigenvalue weighted by Gasteiger charge is 2.32. The van der Waals surface area contributed by atoms with Crippen molar-refractivity contribution in [2.24, 2.45) is 0 Å². The molecule has 5 heteroatoms. The smallest absolute Gasteiger partial charge is 0.163 e. The number of rotatable bonds is 1. The fraction of sp³-hybridized carbons (Fsp3) is 0.333. The van der Waals surface area contributed by atoms with Gasteiger partial charge in [-0.1, -0.05) is 33.6 Å². The van der Waals surface area contributed by atoms with Crippen LogP contribution in [0.1, 0.15) is 56.0 Å². The van der Waals surface area contributed by atoms with E-state index in [9.17, 15) is 0 Å². The summed E-state index contributed by atoms with van der Waals surface area (Å²) < 4.78 is 5.82. The second-order valence-electron chi connectivity index (χ2n) is 10.0. The Balaban J connectivity index is 1.94. The zero-order valence-corrected chi connectivity index (χ0v) is 19.3. The first-order valence-corrected chi connectivity index (χ1v) is 10.9. The molecular weight excluding hydrogens is 396 g/mol. The third-order valence-corrected chi connectivity index (χ3v) is 6.53. The van der Waals surface area contributed by atoms with E-state index < -0.39 is 0 Å². The lowest BCUT2D eigenvalue weighted by molar-refractivity contribution is 0.409. The molecule has 5 rings (SSSR count). The zero-order chi connectivity index (χ0) is 22.7. The Labute approximate surface area is 188 Å². The maximum atomic E-state index is 5.96. The SMILES string of the molecule is C#Cc1c2nc(cc3ccc([nH]3)c(OC)c3nc(cc4ccc1[nH]4)C(C)(C)C3)C(C)(C)C2. The molecule has 8 bridgehead atoms. The van der Waals surface area contributed by atoms with Crippen LogP contribution in [0.15, 0.2) is 36.4 Å². The van der Waals surface area contributed by atoms with Gasteiger partial charge in [0.15, 0.2) is 5.75 Å². The van der Waals surface area contributed by atoms with E-state index in [4.69, 9.17) is 21.1 Å². The Bertz CT molecular complexity index is 1430. The Morgan fingerprint density at radius 3 is 1.97 bits per heavy atom. The summed E-state index contributed by atoms with van der Waals surface area (Å²) in [7, 11) is 1.70. The Hall–Kier alpha value is -3.52. The summed E-state index contributed by atoms with van der Waals surface area (Å²) >= 11 is 0. The van der Waals surface area contributed by atoms with Crippen LogP contribution in [0, 0.1) is 12.3 Å². The second kappa shape index (κ2) is 7.00. The number of aromatic amines is 2. The standard InChI is InChI=1S/C27H28N4O/c1-7-18-19-10-8-16(28-19)12-24-27(4,5)15-22(31-24)25(32-6)20-11-9-17(29-20)13-23-26(2,3)14-21(18)30-23/h1,8-13,28-29H,14-15H2,2-6H3. The quantitative estimate of drug-likeness (QED) is 0.518. The summed E-state index contributed by atoms with van der Waals surface area (Å²) in [5.74, 6) is 3.66. The molecule has 0 saturated carbocycles. The van der Waals surface area contributed by atoms with Crippen LogP contribution in [0.3, 0.4) is 0 Å². The first kappa shape index (κ1) is 20.4. The molecular formula is C27H28N4O. The molecule has 0 aliphatic carbocycles. The molecule has 5 heterocycles. The lowest BCUT2D eigenvalue weighted by Crippen LogP contribution is -2.15. The molecule has 0 unspecified atom stereocenters. The summed E-state index contributed by atoms with van der Waals surface area (Å²) in [4.78, 5) is 16.9. The predicted octanol–water partition coefficient (Wildman–Crippen LogP) is 5.35. The fourth-order valence-electron chi connectivity index (χ4n) is 4.69. The van der Waals surface area contributed by atoms with Gasteiger partial charge in [0.1, 0.15) is 0 Å². The number of ether oxygens (including phenoxy) is 1. The molecule has 2 aliphatic rings. The largest absolute Gasteiger partial charge is 0.493 e. The lowest BCUT2D eigenvalue weighted by atomic mass is 9.86. The summed E-state index contributed by atoms with van der Waals surface area (Å²) in [6, 6.07) is 12.4.